The third-order valence-corrected chi connectivity index (χ3v) is 3.84. The van der Waals surface area contributed by atoms with Crippen LogP contribution in [0, 0.1) is 0 Å². The van der Waals surface area contributed by atoms with Crippen molar-refractivity contribution in [1.82, 2.24) is 15.5 Å². The molecule has 7 heteroatoms. The number of piperidine rings is 1. The van der Waals surface area contributed by atoms with Crippen LogP contribution in [0.25, 0.3) is 0 Å². The van der Waals surface area contributed by atoms with E-state index < -0.39 is 11.6 Å². The monoisotopic (exact) mass is 283 g/mol. The molecule has 2 saturated heterocycles. The Labute approximate surface area is 118 Å². The van der Waals surface area contributed by atoms with Crippen LogP contribution in [0.1, 0.15) is 32.6 Å². The van der Waals surface area contributed by atoms with Gasteiger partial charge in [-0.3, -0.25) is 19.8 Å². The normalized spacial score (nSPS) is 21.6. The van der Waals surface area contributed by atoms with Crippen molar-refractivity contribution < 1.29 is 19.1 Å². The van der Waals surface area contributed by atoms with Crippen molar-refractivity contribution in [2.45, 2.75) is 38.1 Å². The Kier molecular flexibility index (Phi) is 4.59. The molecule has 3 amide bonds. The zero-order chi connectivity index (χ0) is 14.6. The van der Waals surface area contributed by atoms with Crippen molar-refractivity contribution in [3.63, 3.8) is 0 Å². The van der Waals surface area contributed by atoms with Gasteiger partial charge in [-0.25, -0.2) is 4.79 Å². The number of amides is 3. The fraction of sp³-hybridized carbons (Fsp3) is 0.769. The molecule has 20 heavy (non-hydrogen) atoms. The number of carbonyl (C=O) groups is 3. The highest BCUT2D eigenvalue weighted by Gasteiger charge is 2.47. The summed E-state index contributed by atoms with van der Waals surface area (Å²) in [4.78, 5) is 36.5. The van der Waals surface area contributed by atoms with Gasteiger partial charge < -0.3 is 10.1 Å². The van der Waals surface area contributed by atoms with Crippen LogP contribution in [0.5, 0.6) is 0 Å². The first kappa shape index (κ1) is 14.8. The van der Waals surface area contributed by atoms with Crippen molar-refractivity contribution >= 4 is 17.9 Å². The minimum absolute atomic E-state index is 0.227. The van der Waals surface area contributed by atoms with Gasteiger partial charge in [-0.05, 0) is 19.3 Å². The standard InChI is InChI=1S/C13H21N3O4/c1-2-3-8-20-10(17)9-16-6-4-13(5-7-16)11(18)14-12(19)15-13/h2-9H2,1H3,(H2,14,15,18,19). The number of nitrogens with one attached hydrogen (secondary N) is 2. The predicted octanol–water partition coefficient (Wildman–Crippen LogP) is 0.00370. The Morgan fingerprint density at radius 2 is 2.05 bits per heavy atom. The summed E-state index contributed by atoms with van der Waals surface area (Å²) in [6.45, 7) is 3.94. The number of unbranched alkanes of at least 4 members (excludes halogenated alkanes) is 1. The summed E-state index contributed by atoms with van der Waals surface area (Å²) in [7, 11) is 0. The topological polar surface area (TPSA) is 87.7 Å². The van der Waals surface area contributed by atoms with E-state index >= 15 is 0 Å². The lowest BCUT2D eigenvalue weighted by molar-refractivity contribution is -0.145. The van der Waals surface area contributed by atoms with Crippen LogP contribution >= 0.6 is 0 Å². The van der Waals surface area contributed by atoms with Crippen LogP contribution in [-0.4, -0.2) is 54.6 Å². The summed E-state index contributed by atoms with van der Waals surface area (Å²) in [5.41, 5.74) is -0.778. The third-order valence-electron chi connectivity index (χ3n) is 3.84. The zero-order valence-corrected chi connectivity index (χ0v) is 11.7. The molecule has 0 bridgehead atoms. The van der Waals surface area contributed by atoms with Gasteiger partial charge in [0.2, 0.25) is 0 Å². The molecule has 112 valence electrons. The van der Waals surface area contributed by atoms with E-state index in [-0.39, 0.29) is 18.4 Å². The molecule has 0 radical (unpaired) electrons. The van der Waals surface area contributed by atoms with Crippen molar-refractivity contribution in [2.75, 3.05) is 26.2 Å². The number of ether oxygens (including phenoxy) is 1. The third kappa shape index (κ3) is 3.27. The summed E-state index contributed by atoms with van der Waals surface area (Å²) >= 11 is 0. The van der Waals surface area contributed by atoms with Crippen molar-refractivity contribution in [3.05, 3.63) is 0 Å². The molecule has 0 aromatic heterocycles. The second-order valence-electron chi connectivity index (χ2n) is 5.34. The molecule has 0 aromatic rings. The lowest BCUT2D eigenvalue weighted by Crippen LogP contribution is -2.55. The molecule has 2 heterocycles. The molecule has 2 aliphatic heterocycles. The maximum atomic E-state index is 11.8. The Morgan fingerprint density at radius 3 is 2.60 bits per heavy atom. The van der Waals surface area contributed by atoms with E-state index in [1.807, 2.05) is 11.8 Å². The molecule has 0 saturated carbocycles. The number of imide groups is 1. The highest BCUT2D eigenvalue weighted by Crippen LogP contribution is 2.25. The molecule has 0 aliphatic carbocycles. The molecule has 7 nitrogen and oxygen atoms in total. The molecule has 1 spiro atoms. The minimum atomic E-state index is -0.778. The second kappa shape index (κ2) is 6.21. The highest BCUT2D eigenvalue weighted by molar-refractivity contribution is 6.07. The number of carbonyl (C=O) groups excluding carboxylic acids is 3. The van der Waals surface area contributed by atoms with Gasteiger partial charge in [0.25, 0.3) is 5.91 Å². The summed E-state index contributed by atoms with van der Waals surface area (Å²) in [6.07, 6.45) is 2.91. The molecule has 0 atom stereocenters. The number of likely N-dealkylation sites (tertiary alicyclic amines) is 1. The van der Waals surface area contributed by atoms with Crippen LogP contribution in [0.2, 0.25) is 0 Å². The first-order chi connectivity index (χ1) is 9.55. The van der Waals surface area contributed by atoms with Gasteiger partial charge in [0.1, 0.15) is 5.54 Å². The van der Waals surface area contributed by atoms with Crippen molar-refractivity contribution in [2.24, 2.45) is 0 Å². The molecule has 2 aliphatic rings. The quantitative estimate of drug-likeness (QED) is 0.421. The molecular formula is C13H21N3O4. The largest absolute Gasteiger partial charge is 0.465 e. The summed E-state index contributed by atoms with van der Waals surface area (Å²) in [6, 6.07) is -0.428. The second-order valence-corrected chi connectivity index (χ2v) is 5.34. The molecule has 0 unspecified atom stereocenters. The van der Waals surface area contributed by atoms with Gasteiger partial charge in [0, 0.05) is 13.1 Å². The van der Waals surface area contributed by atoms with Crippen molar-refractivity contribution in [1.29, 1.82) is 0 Å². The Balaban J connectivity index is 1.76. The van der Waals surface area contributed by atoms with Gasteiger partial charge in [-0.15, -0.1) is 0 Å². The maximum Gasteiger partial charge on any atom is 0.322 e. The lowest BCUT2D eigenvalue weighted by Gasteiger charge is -2.36. The average Bonchev–Trinajstić information content (AvgIpc) is 2.67. The zero-order valence-electron chi connectivity index (χ0n) is 11.7. The minimum Gasteiger partial charge on any atom is -0.465 e. The molecule has 2 rings (SSSR count). The molecular weight excluding hydrogens is 262 g/mol. The Morgan fingerprint density at radius 1 is 1.35 bits per heavy atom. The van der Waals surface area contributed by atoms with Crippen LogP contribution in [0.3, 0.4) is 0 Å². The fourth-order valence-corrected chi connectivity index (χ4v) is 2.53. The van der Waals surface area contributed by atoms with Gasteiger partial charge in [-0.1, -0.05) is 13.3 Å². The van der Waals surface area contributed by atoms with Crippen LogP contribution in [-0.2, 0) is 14.3 Å². The van der Waals surface area contributed by atoms with Crippen LogP contribution in [0.4, 0.5) is 4.79 Å². The first-order valence-electron chi connectivity index (χ1n) is 7.07. The average molecular weight is 283 g/mol. The van der Waals surface area contributed by atoms with Crippen LogP contribution in [0.15, 0.2) is 0 Å². The predicted molar refractivity (Wildman–Crippen MR) is 70.9 cm³/mol. The number of esters is 1. The van der Waals surface area contributed by atoms with E-state index in [0.29, 0.717) is 32.5 Å². The number of hydrogen-bond acceptors (Lipinski definition) is 5. The Bertz CT molecular complexity index is 402. The van der Waals surface area contributed by atoms with Gasteiger partial charge >= 0.3 is 12.0 Å². The SMILES string of the molecule is CCCCOC(=O)CN1CCC2(CC1)NC(=O)NC2=O. The maximum absolute atomic E-state index is 11.8. The van der Waals surface area contributed by atoms with E-state index in [1.54, 1.807) is 0 Å². The van der Waals surface area contributed by atoms with Crippen LogP contribution < -0.4 is 10.6 Å². The van der Waals surface area contributed by atoms with E-state index in [1.165, 1.54) is 0 Å². The highest BCUT2D eigenvalue weighted by atomic mass is 16.5. The molecule has 2 fully saturated rings. The van der Waals surface area contributed by atoms with E-state index in [4.69, 9.17) is 4.74 Å². The number of hydrogen-bond donors (Lipinski definition) is 2. The summed E-state index contributed by atoms with van der Waals surface area (Å²) in [5, 5.41) is 4.96. The van der Waals surface area contributed by atoms with E-state index in [0.717, 1.165) is 12.8 Å². The lowest BCUT2D eigenvalue weighted by atomic mass is 9.88. The Hall–Kier alpha value is -1.63. The number of urea groups is 1. The van der Waals surface area contributed by atoms with Gasteiger partial charge in [-0.2, -0.15) is 0 Å². The molecule has 2 N–H and O–H groups in total. The smallest absolute Gasteiger partial charge is 0.322 e. The number of rotatable bonds is 5. The van der Waals surface area contributed by atoms with E-state index in [2.05, 4.69) is 10.6 Å². The molecule has 0 aromatic carbocycles. The van der Waals surface area contributed by atoms with E-state index in [9.17, 15) is 14.4 Å². The number of nitrogens with zero attached hydrogens (tertiary/aromatic N) is 1. The first-order valence-corrected chi connectivity index (χ1v) is 7.07. The van der Waals surface area contributed by atoms with Gasteiger partial charge in [0.15, 0.2) is 0 Å². The van der Waals surface area contributed by atoms with Gasteiger partial charge in [0.05, 0.1) is 13.2 Å². The summed E-state index contributed by atoms with van der Waals surface area (Å²) in [5.74, 6) is -0.484. The van der Waals surface area contributed by atoms with Crippen molar-refractivity contribution in [3.8, 4) is 0 Å². The fourth-order valence-electron chi connectivity index (χ4n) is 2.53. The summed E-state index contributed by atoms with van der Waals surface area (Å²) < 4.78 is 5.11.